The maximum atomic E-state index is 9.64. The summed E-state index contributed by atoms with van der Waals surface area (Å²) in [5.74, 6) is 0.465. The third-order valence-corrected chi connectivity index (χ3v) is 4.53. The number of halogens is 1. The monoisotopic (exact) mass is 289 g/mol. The maximum absolute atomic E-state index is 9.64. The lowest BCUT2D eigenvalue weighted by Gasteiger charge is -2.14. The van der Waals surface area contributed by atoms with Crippen molar-refractivity contribution in [2.24, 2.45) is 5.92 Å². The predicted molar refractivity (Wildman–Crippen MR) is 67.1 cm³/mol. The summed E-state index contributed by atoms with van der Waals surface area (Å²) in [5, 5.41) is 15.2. The van der Waals surface area contributed by atoms with E-state index in [1.165, 1.54) is 22.2 Å². The molecule has 2 atom stereocenters. The summed E-state index contributed by atoms with van der Waals surface area (Å²) < 4.78 is 1.18. The van der Waals surface area contributed by atoms with Crippen LogP contribution in [0.1, 0.15) is 24.8 Å². The fourth-order valence-corrected chi connectivity index (χ4v) is 3.30. The Kier molecular flexibility index (Phi) is 4.20. The summed E-state index contributed by atoms with van der Waals surface area (Å²) in [6.45, 7) is 1.85. The van der Waals surface area contributed by atoms with Crippen LogP contribution in [-0.4, -0.2) is 17.8 Å². The van der Waals surface area contributed by atoms with Gasteiger partial charge >= 0.3 is 0 Å². The van der Waals surface area contributed by atoms with E-state index in [1.807, 2.05) is 0 Å². The molecule has 2 rings (SSSR count). The largest absolute Gasteiger partial charge is 0.393 e. The summed E-state index contributed by atoms with van der Waals surface area (Å²) in [6.07, 6.45) is 3.25. The molecule has 1 heterocycles. The highest BCUT2D eigenvalue weighted by Gasteiger charge is 2.24. The number of hydrogen-bond acceptors (Lipinski definition) is 3. The van der Waals surface area contributed by atoms with Crippen molar-refractivity contribution in [3.8, 4) is 0 Å². The quantitative estimate of drug-likeness (QED) is 0.893. The molecule has 1 fully saturated rings. The Labute approximate surface area is 103 Å². The fraction of sp³-hybridized carbons (Fsp3) is 0.636. The highest BCUT2D eigenvalue weighted by Crippen LogP contribution is 2.25. The molecule has 0 radical (unpaired) electrons. The van der Waals surface area contributed by atoms with Crippen molar-refractivity contribution in [2.45, 2.75) is 31.9 Å². The third kappa shape index (κ3) is 3.28. The Hall–Kier alpha value is 0.100. The highest BCUT2D eigenvalue weighted by molar-refractivity contribution is 9.11. The van der Waals surface area contributed by atoms with E-state index in [0.717, 1.165) is 19.5 Å². The van der Waals surface area contributed by atoms with Crippen molar-refractivity contribution in [3.05, 3.63) is 20.8 Å². The van der Waals surface area contributed by atoms with Crippen LogP contribution in [0.15, 0.2) is 15.2 Å². The van der Waals surface area contributed by atoms with E-state index in [1.54, 1.807) is 11.3 Å². The minimum absolute atomic E-state index is 0.0771. The number of hydrogen-bond donors (Lipinski definition) is 2. The Morgan fingerprint density at radius 1 is 1.53 bits per heavy atom. The van der Waals surface area contributed by atoms with Gasteiger partial charge in [-0.25, -0.2) is 0 Å². The first kappa shape index (κ1) is 11.6. The van der Waals surface area contributed by atoms with Crippen molar-refractivity contribution < 1.29 is 5.11 Å². The molecule has 1 aromatic rings. The van der Waals surface area contributed by atoms with E-state index in [2.05, 4.69) is 32.7 Å². The molecule has 0 saturated heterocycles. The summed E-state index contributed by atoms with van der Waals surface area (Å²) in [4.78, 5) is 0. The fourth-order valence-electron chi connectivity index (χ4n) is 2.10. The number of nitrogens with one attached hydrogen (secondary N) is 1. The van der Waals surface area contributed by atoms with Crippen molar-refractivity contribution >= 4 is 27.3 Å². The summed E-state index contributed by atoms with van der Waals surface area (Å²) in [7, 11) is 0. The van der Waals surface area contributed by atoms with Gasteiger partial charge in [-0.05, 0) is 51.7 Å². The molecule has 0 bridgehead atoms. The number of rotatable bonds is 4. The second kappa shape index (κ2) is 5.43. The van der Waals surface area contributed by atoms with Crippen LogP contribution in [0.2, 0.25) is 0 Å². The molecule has 1 aromatic heterocycles. The van der Waals surface area contributed by atoms with E-state index < -0.39 is 0 Å². The molecule has 1 aliphatic rings. The summed E-state index contributed by atoms with van der Waals surface area (Å²) >= 11 is 5.17. The van der Waals surface area contributed by atoms with Gasteiger partial charge in [0.05, 0.1) is 9.89 Å². The molecule has 1 aliphatic carbocycles. The maximum Gasteiger partial charge on any atom is 0.0701 e. The van der Waals surface area contributed by atoms with Crippen molar-refractivity contribution in [3.63, 3.8) is 0 Å². The SMILES string of the molecule is OC1CCCC1CNCc1csc(Br)c1. The van der Waals surface area contributed by atoms with Gasteiger partial charge in [-0.2, -0.15) is 0 Å². The Morgan fingerprint density at radius 2 is 2.40 bits per heavy atom. The van der Waals surface area contributed by atoms with Gasteiger partial charge in [0.25, 0.3) is 0 Å². The smallest absolute Gasteiger partial charge is 0.0701 e. The van der Waals surface area contributed by atoms with E-state index in [4.69, 9.17) is 0 Å². The Bertz CT molecular complexity index is 315. The molecule has 0 amide bonds. The van der Waals surface area contributed by atoms with Crippen LogP contribution < -0.4 is 5.32 Å². The van der Waals surface area contributed by atoms with Gasteiger partial charge in [0.2, 0.25) is 0 Å². The Morgan fingerprint density at radius 3 is 3.00 bits per heavy atom. The molecule has 2 nitrogen and oxygen atoms in total. The minimum atomic E-state index is -0.0771. The first-order valence-corrected chi connectivity index (χ1v) is 7.04. The first-order chi connectivity index (χ1) is 7.25. The van der Waals surface area contributed by atoms with Crippen LogP contribution in [0.25, 0.3) is 0 Å². The lowest BCUT2D eigenvalue weighted by molar-refractivity contribution is 0.131. The summed E-state index contributed by atoms with van der Waals surface area (Å²) in [5.41, 5.74) is 1.32. The van der Waals surface area contributed by atoms with Crippen LogP contribution >= 0.6 is 27.3 Å². The van der Waals surface area contributed by atoms with Gasteiger partial charge in [0.1, 0.15) is 0 Å². The van der Waals surface area contributed by atoms with Crippen LogP contribution in [0.5, 0.6) is 0 Å². The van der Waals surface area contributed by atoms with Gasteiger partial charge in [-0.1, -0.05) is 6.42 Å². The van der Waals surface area contributed by atoms with Crippen molar-refractivity contribution in [2.75, 3.05) is 6.54 Å². The molecule has 0 spiro atoms. The lowest BCUT2D eigenvalue weighted by atomic mass is 10.1. The zero-order valence-corrected chi connectivity index (χ0v) is 11.0. The van der Waals surface area contributed by atoms with Crippen LogP contribution in [0.4, 0.5) is 0 Å². The van der Waals surface area contributed by atoms with E-state index >= 15 is 0 Å². The van der Waals surface area contributed by atoms with E-state index in [9.17, 15) is 5.11 Å². The molecule has 15 heavy (non-hydrogen) atoms. The molecule has 0 aliphatic heterocycles. The number of aliphatic hydroxyl groups excluding tert-OH is 1. The average molecular weight is 290 g/mol. The van der Waals surface area contributed by atoms with Gasteiger partial charge in [-0.15, -0.1) is 11.3 Å². The standard InChI is InChI=1S/C11H16BrNOS/c12-11-4-8(7-15-11)5-13-6-9-2-1-3-10(9)14/h4,7,9-10,13-14H,1-3,5-6H2. The molecular formula is C11H16BrNOS. The topological polar surface area (TPSA) is 32.3 Å². The molecule has 0 aromatic carbocycles. The van der Waals surface area contributed by atoms with Gasteiger partial charge in [-0.3, -0.25) is 0 Å². The molecule has 84 valence electrons. The van der Waals surface area contributed by atoms with Gasteiger partial charge in [0, 0.05) is 13.1 Å². The van der Waals surface area contributed by atoms with Gasteiger partial charge < -0.3 is 10.4 Å². The van der Waals surface area contributed by atoms with E-state index in [-0.39, 0.29) is 6.10 Å². The second-order valence-corrected chi connectivity index (χ2v) is 6.44. The first-order valence-electron chi connectivity index (χ1n) is 5.37. The third-order valence-electron chi connectivity index (χ3n) is 2.98. The van der Waals surface area contributed by atoms with Gasteiger partial charge in [0.15, 0.2) is 0 Å². The summed E-state index contributed by atoms with van der Waals surface area (Å²) in [6, 6.07) is 2.14. The molecular weight excluding hydrogens is 274 g/mol. The van der Waals surface area contributed by atoms with E-state index in [0.29, 0.717) is 5.92 Å². The van der Waals surface area contributed by atoms with Crippen LogP contribution in [0, 0.1) is 5.92 Å². The lowest BCUT2D eigenvalue weighted by Crippen LogP contribution is -2.27. The number of aliphatic hydroxyl groups is 1. The molecule has 2 N–H and O–H groups in total. The zero-order chi connectivity index (χ0) is 10.7. The Balaban J connectivity index is 1.70. The number of thiophene rings is 1. The molecule has 4 heteroatoms. The zero-order valence-electron chi connectivity index (χ0n) is 8.58. The van der Waals surface area contributed by atoms with Crippen LogP contribution in [0.3, 0.4) is 0 Å². The highest BCUT2D eigenvalue weighted by atomic mass is 79.9. The molecule has 2 unspecified atom stereocenters. The average Bonchev–Trinajstić information content (AvgIpc) is 2.77. The molecule has 1 saturated carbocycles. The normalized spacial score (nSPS) is 26.0. The van der Waals surface area contributed by atoms with Crippen LogP contribution in [-0.2, 0) is 6.54 Å². The van der Waals surface area contributed by atoms with Crippen molar-refractivity contribution in [1.82, 2.24) is 5.32 Å². The predicted octanol–water partition coefficient (Wildman–Crippen LogP) is 2.76. The second-order valence-electron chi connectivity index (χ2n) is 4.15. The van der Waals surface area contributed by atoms with Crippen molar-refractivity contribution in [1.29, 1.82) is 0 Å². The minimum Gasteiger partial charge on any atom is -0.393 e.